The zero-order valence-electron chi connectivity index (χ0n) is 13.6. The van der Waals surface area contributed by atoms with Crippen LogP contribution in [0.2, 0.25) is 0 Å². The molecule has 2 aliphatic heterocycles. The summed E-state index contributed by atoms with van der Waals surface area (Å²) in [7, 11) is 0. The second kappa shape index (κ2) is 7.49. The number of ether oxygens (including phenoxy) is 3. The van der Waals surface area contributed by atoms with Crippen molar-refractivity contribution in [2.45, 2.75) is 38.3 Å². The molecule has 0 spiro atoms. The summed E-state index contributed by atoms with van der Waals surface area (Å²) >= 11 is 0. The van der Waals surface area contributed by atoms with E-state index in [0.717, 1.165) is 12.8 Å². The number of ketones is 1. The summed E-state index contributed by atoms with van der Waals surface area (Å²) in [6.07, 6.45) is 12.3. The number of rotatable bonds is 4. The largest absolute Gasteiger partial charge is 0.466 e. The maximum Gasteiger partial charge on any atom is 0.303 e. The van der Waals surface area contributed by atoms with E-state index in [1.807, 2.05) is 6.08 Å². The van der Waals surface area contributed by atoms with Crippen LogP contribution in [-0.4, -0.2) is 41.9 Å². The van der Waals surface area contributed by atoms with Gasteiger partial charge in [-0.15, -0.1) is 0 Å². The van der Waals surface area contributed by atoms with Crippen LogP contribution in [0.3, 0.4) is 0 Å². The molecule has 128 valence electrons. The summed E-state index contributed by atoms with van der Waals surface area (Å²) in [5.74, 6) is 0.202. The first-order chi connectivity index (χ1) is 11.6. The normalized spacial score (nSPS) is 25.2. The first-order valence-electron chi connectivity index (χ1n) is 8.12. The lowest BCUT2D eigenvalue weighted by Crippen LogP contribution is -2.51. The van der Waals surface area contributed by atoms with Gasteiger partial charge in [0, 0.05) is 26.4 Å². The highest BCUT2D eigenvalue weighted by Crippen LogP contribution is 2.29. The number of hydrogen-bond donors (Lipinski definition) is 0. The lowest BCUT2D eigenvalue weighted by Gasteiger charge is -2.39. The molecule has 0 aromatic heterocycles. The van der Waals surface area contributed by atoms with E-state index in [1.165, 1.54) is 25.0 Å². The fourth-order valence-electron chi connectivity index (χ4n) is 3.21. The quantitative estimate of drug-likeness (QED) is 0.736. The Morgan fingerprint density at radius 1 is 1.38 bits per heavy atom. The van der Waals surface area contributed by atoms with Gasteiger partial charge in [0.2, 0.25) is 0 Å². The molecule has 1 aliphatic carbocycles. The number of carbonyl (C=O) groups excluding carboxylic acids is 2. The van der Waals surface area contributed by atoms with Crippen LogP contribution >= 0.6 is 0 Å². The molecule has 0 amide bonds. The fraction of sp³-hybridized carbons (Fsp3) is 0.444. The van der Waals surface area contributed by atoms with Crippen molar-refractivity contribution in [3.63, 3.8) is 0 Å². The topological polar surface area (TPSA) is 65.1 Å². The lowest BCUT2D eigenvalue weighted by atomic mass is 9.93. The Labute approximate surface area is 141 Å². The van der Waals surface area contributed by atoms with Crippen molar-refractivity contribution in [2.24, 2.45) is 0 Å². The SMILES string of the molecule is CC(=O)OC1CN(C(C2=CC=CCC2)C2=COC=CO2)CCC1=O. The van der Waals surface area contributed by atoms with Gasteiger partial charge in [-0.25, -0.2) is 0 Å². The molecule has 3 aliphatic rings. The van der Waals surface area contributed by atoms with Gasteiger partial charge >= 0.3 is 5.97 Å². The highest BCUT2D eigenvalue weighted by atomic mass is 16.5. The monoisotopic (exact) mass is 331 g/mol. The van der Waals surface area contributed by atoms with E-state index in [4.69, 9.17) is 14.2 Å². The van der Waals surface area contributed by atoms with E-state index in [9.17, 15) is 9.59 Å². The summed E-state index contributed by atoms with van der Waals surface area (Å²) in [5.41, 5.74) is 1.19. The first kappa shape index (κ1) is 16.5. The molecule has 0 radical (unpaired) electrons. The van der Waals surface area contributed by atoms with Gasteiger partial charge in [-0.05, 0) is 18.4 Å². The second-order valence-electron chi connectivity index (χ2n) is 5.97. The van der Waals surface area contributed by atoms with Crippen molar-refractivity contribution >= 4 is 11.8 Å². The molecule has 1 fully saturated rings. The molecule has 3 rings (SSSR count). The Bertz CT molecular complexity index is 631. The molecular formula is C18H21NO5. The van der Waals surface area contributed by atoms with Crippen LogP contribution in [0.4, 0.5) is 0 Å². The maximum absolute atomic E-state index is 12.0. The van der Waals surface area contributed by atoms with E-state index >= 15 is 0 Å². The van der Waals surface area contributed by atoms with Crippen molar-refractivity contribution in [3.05, 3.63) is 48.3 Å². The molecule has 0 saturated carbocycles. The number of carbonyl (C=O) groups is 2. The molecular weight excluding hydrogens is 310 g/mol. The Morgan fingerprint density at radius 2 is 2.25 bits per heavy atom. The second-order valence-corrected chi connectivity index (χ2v) is 5.97. The number of esters is 1. The van der Waals surface area contributed by atoms with E-state index in [1.54, 1.807) is 6.26 Å². The predicted molar refractivity (Wildman–Crippen MR) is 86.4 cm³/mol. The molecule has 0 aromatic carbocycles. The van der Waals surface area contributed by atoms with Gasteiger partial charge in [-0.1, -0.05) is 18.2 Å². The van der Waals surface area contributed by atoms with Gasteiger partial charge in [0.1, 0.15) is 18.8 Å². The Balaban J connectivity index is 1.83. The molecule has 1 saturated heterocycles. The fourth-order valence-corrected chi connectivity index (χ4v) is 3.21. The van der Waals surface area contributed by atoms with Crippen molar-refractivity contribution < 1.29 is 23.8 Å². The average Bonchev–Trinajstić information content (AvgIpc) is 2.59. The van der Waals surface area contributed by atoms with Crippen LogP contribution in [0, 0.1) is 0 Å². The Morgan fingerprint density at radius 3 is 2.92 bits per heavy atom. The summed E-state index contributed by atoms with van der Waals surface area (Å²) in [6, 6.07) is -0.133. The van der Waals surface area contributed by atoms with Crippen LogP contribution < -0.4 is 0 Å². The summed E-state index contributed by atoms with van der Waals surface area (Å²) < 4.78 is 16.1. The van der Waals surface area contributed by atoms with Crippen LogP contribution in [0.5, 0.6) is 0 Å². The molecule has 2 unspecified atom stereocenters. The minimum atomic E-state index is -0.723. The summed E-state index contributed by atoms with van der Waals surface area (Å²) in [6.45, 7) is 2.27. The van der Waals surface area contributed by atoms with E-state index in [-0.39, 0.29) is 11.8 Å². The van der Waals surface area contributed by atoms with Crippen LogP contribution in [0.25, 0.3) is 0 Å². The number of likely N-dealkylation sites (tertiary alicyclic amines) is 1. The molecule has 24 heavy (non-hydrogen) atoms. The van der Waals surface area contributed by atoms with Gasteiger partial charge in [-0.2, -0.15) is 0 Å². The minimum absolute atomic E-state index is 0.0348. The zero-order chi connectivity index (χ0) is 16.9. The molecule has 2 atom stereocenters. The first-order valence-corrected chi connectivity index (χ1v) is 8.12. The van der Waals surface area contributed by atoms with Crippen molar-refractivity contribution in [1.29, 1.82) is 0 Å². The number of nitrogens with zero attached hydrogens (tertiary/aromatic N) is 1. The number of allylic oxidation sites excluding steroid dienone is 3. The molecule has 0 bridgehead atoms. The Kier molecular flexibility index (Phi) is 5.15. The Hall–Kier alpha value is -2.34. The van der Waals surface area contributed by atoms with E-state index < -0.39 is 12.1 Å². The minimum Gasteiger partial charge on any atom is -0.466 e. The summed E-state index contributed by atoms with van der Waals surface area (Å²) in [5, 5.41) is 0. The standard InChI is InChI=1S/C18H21NO5/c1-13(20)24-16-11-19(8-7-15(16)21)18(14-5-3-2-4-6-14)17-12-22-9-10-23-17/h2-3,5,9-10,12,16,18H,4,6-8,11H2,1H3. The van der Waals surface area contributed by atoms with Gasteiger partial charge < -0.3 is 14.2 Å². The van der Waals surface area contributed by atoms with E-state index in [0.29, 0.717) is 25.3 Å². The third-order valence-electron chi connectivity index (χ3n) is 4.27. The highest BCUT2D eigenvalue weighted by Gasteiger charge is 2.37. The van der Waals surface area contributed by atoms with Crippen LogP contribution in [0.15, 0.2) is 48.3 Å². The van der Waals surface area contributed by atoms with Gasteiger partial charge in [0.25, 0.3) is 0 Å². The smallest absolute Gasteiger partial charge is 0.303 e. The van der Waals surface area contributed by atoms with Gasteiger partial charge in [0.05, 0.1) is 6.04 Å². The number of Topliss-reactive ketones (excluding diaryl/α,β-unsaturated/α-hetero) is 1. The molecule has 0 aromatic rings. The lowest BCUT2D eigenvalue weighted by molar-refractivity contribution is -0.156. The van der Waals surface area contributed by atoms with Crippen molar-refractivity contribution in [1.82, 2.24) is 4.90 Å². The van der Waals surface area contributed by atoms with Crippen molar-refractivity contribution in [2.75, 3.05) is 13.1 Å². The number of hydrogen-bond acceptors (Lipinski definition) is 6. The zero-order valence-corrected chi connectivity index (χ0v) is 13.6. The van der Waals surface area contributed by atoms with Gasteiger partial charge in [0.15, 0.2) is 17.6 Å². The molecule has 2 heterocycles. The molecule has 6 heteroatoms. The van der Waals surface area contributed by atoms with Gasteiger partial charge in [-0.3, -0.25) is 14.5 Å². The third kappa shape index (κ3) is 3.76. The van der Waals surface area contributed by atoms with Crippen LogP contribution in [0.1, 0.15) is 26.2 Å². The average molecular weight is 331 g/mol. The molecule has 0 N–H and O–H groups in total. The summed E-state index contributed by atoms with van der Waals surface area (Å²) in [4.78, 5) is 25.4. The van der Waals surface area contributed by atoms with Crippen LogP contribution in [-0.2, 0) is 23.8 Å². The predicted octanol–water partition coefficient (Wildman–Crippen LogP) is 2.20. The maximum atomic E-state index is 12.0. The number of piperidine rings is 1. The highest BCUT2D eigenvalue weighted by molar-refractivity contribution is 5.86. The molecule has 6 nitrogen and oxygen atoms in total. The van der Waals surface area contributed by atoms with E-state index in [2.05, 4.69) is 17.1 Å². The van der Waals surface area contributed by atoms with Crippen molar-refractivity contribution in [3.8, 4) is 0 Å². The third-order valence-corrected chi connectivity index (χ3v) is 4.27.